The number of halogens is 3. The first-order chi connectivity index (χ1) is 20.3. The second-order valence-corrected chi connectivity index (χ2v) is 10.2. The molecule has 1 fully saturated rings. The van der Waals surface area contributed by atoms with Crippen molar-refractivity contribution in [1.82, 2.24) is 25.4 Å². The lowest BCUT2D eigenvalue weighted by molar-refractivity contribution is -0.384. The molecule has 11 nitrogen and oxygen atoms in total. The molecule has 0 spiro atoms. The summed E-state index contributed by atoms with van der Waals surface area (Å²) in [5.41, 5.74) is -2.22. The van der Waals surface area contributed by atoms with Crippen LogP contribution in [-0.2, 0) is 16.9 Å². The number of H-pyrrole nitrogens is 1. The number of aromatic amines is 1. The van der Waals surface area contributed by atoms with Gasteiger partial charge in [-0.15, -0.1) is 10.2 Å². The van der Waals surface area contributed by atoms with Crippen LogP contribution in [0.2, 0.25) is 0 Å². The van der Waals surface area contributed by atoms with Gasteiger partial charge < -0.3 is 14.1 Å². The summed E-state index contributed by atoms with van der Waals surface area (Å²) in [7, 11) is 0. The zero-order chi connectivity index (χ0) is 29.3. The fourth-order valence-electron chi connectivity index (χ4n) is 5.49. The Balaban J connectivity index is 1.53. The van der Waals surface area contributed by atoms with Gasteiger partial charge in [-0.05, 0) is 37.7 Å². The summed E-state index contributed by atoms with van der Waals surface area (Å²) in [5.74, 6) is -0.925. The van der Waals surface area contributed by atoms with Gasteiger partial charge in [0.15, 0.2) is 0 Å². The number of hydrogen-bond donors (Lipinski definition) is 1. The molecule has 3 aromatic heterocycles. The fraction of sp³-hybridized carbons (Fsp3) is 0.357. The monoisotopic (exact) mass is 581 g/mol. The minimum absolute atomic E-state index is 0.0166. The van der Waals surface area contributed by atoms with Gasteiger partial charge >= 0.3 is 11.9 Å². The molecule has 4 bridgehead atoms. The Labute approximate surface area is 237 Å². The Morgan fingerprint density at radius 1 is 1.21 bits per heavy atom. The van der Waals surface area contributed by atoms with Crippen LogP contribution < -0.4 is 4.90 Å². The highest BCUT2D eigenvalue weighted by Gasteiger charge is 2.61. The molecule has 0 amide bonds. The van der Waals surface area contributed by atoms with Gasteiger partial charge in [0.25, 0.3) is 11.8 Å². The number of alkyl halides is 3. The largest absolute Gasteiger partial charge is 0.426 e. The van der Waals surface area contributed by atoms with E-state index in [1.807, 2.05) is 6.08 Å². The highest BCUT2D eigenvalue weighted by molar-refractivity contribution is 5.82. The molecule has 2 atom stereocenters. The predicted molar refractivity (Wildman–Crippen MR) is 144 cm³/mol. The zero-order valence-electron chi connectivity index (χ0n) is 22.3. The van der Waals surface area contributed by atoms with Crippen molar-refractivity contribution in [2.75, 3.05) is 11.4 Å². The van der Waals surface area contributed by atoms with E-state index in [2.05, 4.69) is 30.3 Å². The highest BCUT2D eigenvalue weighted by Crippen LogP contribution is 2.47. The minimum Gasteiger partial charge on any atom is -0.415 e. The second kappa shape index (κ2) is 11.0. The van der Waals surface area contributed by atoms with Gasteiger partial charge in [-0.25, -0.2) is 4.98 Å². The number of pyridine rings is 1. The van der Waals surface area contributed by atoms with Crippen LogP contribution in [0.4, 0.5) is 24.7 Å². The third-order valence-corrected chi connectivity index (χ3v) is 7.63. The Hall–Kier alpha value is -4.59. The van der Waals surface area contributed by atoms with Crippen LogP contribution in [0, 0.1) is 10.1 Å². The fourth-order valence-corrected chi connectivity index (χ4v) is 5.49. The number of nitrogens with zero attached hydrogens (tertiary/aromatic N) is 6. The summed E-state index contributed by atoms with van der Waals surface area (Å²) in [6, 6.07) is 9.75. The Bertz CT molecular complexity index is 1590. The van der Waals surface area contributed by atoms with Crippen molar-refractivity contribution >= 4 is 11.5 Å². The molecule has 2 aliphatic rings. The van der Waals surface area contributed by atoms with Crippen LogP contribution in [0.1, 0.15) is 43.6 Å². The third-order valence-electron chi connectivity index (χ3n) is 7.63. The molecule has 2 aliphatic heterocycles. The molecule has 5 heterocycles. The Morgan fingerprint density at radius 3 is 2.79 bits per heavy atom. The van der Waals surface area contributed by atoms with Crippen LogP contribution in [0.3, 0.4) is 0 Å². The van der Waals surface area contributed by atoms with Gasteiger partial charge in [0, 0.05) is 36.0 Å². The van der Waals surface area contributed by atoms with E-state index >= 15 is 0 Å². The predicted octanol–water partition coefficient (Wildman–Crippen LogP) is 6.11. The van der Waals surface area contributed by atoms with E-state index < -0.39 is 40.6 Å². The number of benzene rings is 1. The minimum atomic E-state index is -4.95. The molecule has 1 aromatic carbocycles. The molecule has 6 rings (SSSR count). The number of allylic oxidation sites excluding steroid dienone is 1. The second-order valence-electron chi connectivity index (χ2n) is 10.2. The summed E-state index contributed by atoms with van der Waals surface area (Å²) in [5, 5.41) is 26.5. The number of nitrogens with one attached hydrogen (secondary N) is 1. The molecule has 1 unspecified atom stereocenters. The lowest BCUT2D eigenvalue weighted by Crippen LogP contribution is -2.45. The topological polar surface area (TPSA) is 136 Å². The van der Waals surface area contributed by atoms with Crippen LogP contribution in [-0.4, -0.2) is 49.1 Å². The SMILES string of the molecule is O=[N+]([O-])c1cc(-c2cn[nH]c2)c2nc1-c1nnc(o1)C(OCc1ccccc1)(C(F)(F)F)CC/C=C\C[C@@H]1CCCN21. The van der Waals surface area contributed by atoms with Crippen LogP contribution in [0.25, 0.3) is 22.7 Å². The van der Waals surface area contributed by atoms with Crippen LogP contribution >= 0.6 is 0 Å². The van der Waals surface area contributed by atoms with Crippen molar-refractivity contribution in [2.45, 2.75) is 56.5 Å². The summed E-state index contributed by atoms with van der Waals surface area (Å²) < 4.78 is 56.1. The first-order valence-electron chi connectivity index (χ1n) is 13.5. The number of fused-ring (bicyclic) bond motifs is 7. The van der Waals surface area contributed by atoms with E-state index in [1.165, 1.54) is 12.3 Å². The smallest absolute Gasteiger partial charge is 0.415 e. The maximum absolute atomic E-state index is 14.9. The van der Waals surface area contributed by atoms with E-state index in [-0.39, 0.29) is 24.8 Å². The Kier molecular flexibility index (Phi) is 7.22. The van der Waals surface area contributed by atoms with Crippen molar-refractivity contribution in [2.24, 2.45) is 0 Å². The molecule has 0 saturated carbocycles. The van der Waals surface area contributed by atoms with Gasteiger partial charge in [0.05, 0.1) is 17.7 Å². The average molecular weight is 582 g/mol. The number of aromatic nitrogens is 5. The van der Waals surface area contributed by atoms with Gasteiger partial charge in [0.1, 0.15) is 5.82 Å². The van der Waals surface area contributed by atoms with Crippen molar-refractivity contribution < 1.29 is 27.2 Å². The van der Waals surface area contributed by atoms with Crippen molar-refractivity contribution in [3.05, 3.63) is 82.5 Å². The normalized spacial score (nSPS) is 21.5. The summed E-state index contributed by atoms with van der Waals surface area (Å²) in [4.78, 5) is 18.2. The lowest BCUT2D eigenvalue weighted by atomic mass is 9.95. The molecule has 0 aliphatic carbocycles. The van der Waals surface area contributed by atoms with Gasteiger partial charge in [-0.2, -0.15) is 18.3 Å². The van der Waals surface area contributed by atoms with Crippen LogP contribution in [0.5, 0.6) is 0 Å². The zero-order valence-corrected chi connectivity index (χ0v) is 22.3. The van der Waals surface area contributed by atoms with Crippen molar-refractivity contribution in [3.63, 3.8) is 0 Å². The molecule has 4 aromatic rings. The first-order valence-corrected chi connectivity index (χ1v) is 13.5. The molecule has 218 valence electrons. The maximum atomic E-state index is 14.9. The average Bonchev–Trinajstić information content (AvgIpc) is 3.76. The van der Waals surface area contributed by atoms with Crippen molar-refractivity contribution in [3.8, 4) is 22.7 Å². The number of anilines is 1. The van der Waals surface area contributed by atoms with Gasteiger partial charge in [-0.1, -0.05) is 42.5 Å². The number of ether oxygens (including phenoxy) is 1. The molecule has 42 heavy (non-hydrogen) atoms. The van der Waals surface area contributed by atoms with E-state index in [0.29, 0.717) is 35.5 Å². The lowest BCUT2D eigenvalue weighted by Gasteiger charge is -2.32. The molecular weight excluding hydrogens is 555 g/mol. The summed E-state index contributed by atoms with van der Waals surface area (Å²) >= 11 is 0. The van der Waals surface area contributed by atoms with Gasteiger partial charge in [0.2, 0.25) is 11.3 Å². The van der Waals surface area contributed by atoms with E-state index in [4.69, 9.17) is 9.15 Å². The quantitative estimate of drug-likeness (QED) is 0.168. The highest BCUT2D eigenvalue weighted by atomic mass is 19.4. The van der Waals surface area contributed by atoms with E-state index in [0.717, 1.165) is 12.8 Å². The third kappa shape index (κ3) is 5.02. The number of nitro groups is 1. The molecule has 14 heteroatoms. The van der Waals surface area contributed by atoms with E-state index in [1.54, 1.807) is 42.6 Å². The van der Waals surface area contributed by atoms with Crippen molar-refractivity contribution in [1.29, 1.82) is 0 Å². The summed E-state index contributed by atoms with van der Waals surface area (Å²) in [6.45, 7) is 0.272. The summed E-state index contributed by atoms with van der Waals surface area (Å²) in [6.07, 6.45) is 3.45. The number of rotatable bonds is 5. The van der Waals surface area contributed by atoms with Gasteiger partial charge in [-0.3, -0.25) is 15.2 Å². The molecular formula is C28H26F3N7O4. The van der Waals surface area contributed by atoms with Crippen LogP contribution in [0.15, 0.2) is 65.4 Å². The standard InChI is InChI=1S/C28H26F3N7O4/c29-28(30,31)27(41-17-18-8-3-1-4-9-18)12-6-2-5-10-20-11-7-13-37(20)24-21(19-15-32-33-16-19)14-22(38(39)40)23(34-24)25-35-36-26(27)42-25/h1-5,8-9,14-16,20H,6-7,10-13,17H2,(H,32,33)/b5-2-/t20-,27?/m1/s1. The van der Waals surface area contributed by atoms with E-state index in [9.17, 15) is 23.3 Å². The molecule has 0 radical (unpaired) electrons. The first kappa shape index (κ1) is 27.6. The molecule has 1 saturated heterocycles. The Morgan fingerprint density at radius 2 is 2.05 bits per heavy atom. The number of hydrogen-bond acceptors (Lipinski definition) is 9. The maximum Gasteiger partial charge on any atom is 0.426 e. The molecule has 1 N–H and O–H groups in total.